The molecule has 21 heavy (non-hydrogen) atoms. The van der Waals surface area contributed by atoms with Crippen molar-refractivity contribution in [3.05, 3.63) is 41.1 Å². The van der Waals surface area contributed by atoms with Crippen LogP contribution < -0.4 is 10.1 Å². The van der Waals surface area contributed by atoms with Gasteiger partial charge in [0.2, 0.25) is 0 Å². The van der Waals surface area contributed by atoms with E-state index in [1.807, 2.05) is 44.2 Å². The lowest BCUT2D eigenvalue weighted by molar-refractivity contribution is -0.117. The number of carbonyl (C=O) groups excluding carboxylic acids is 1. The lowest BCUT2D eigenvalue weighted by Crippen LogP contribution is -2.30. The van der Waals surface area contributed by atoms with Gasteiger partial charge in [-0.05, 0) is 29.5 Å². The molecule has 4 nitrogen and oxygen atoms in total. The number of benzene rings is 1. The van der Waals surface area contributed by atoms with Gasteiger partial charge in [0.25, 0.3) is 0 Å². The molecule has 1 aliphatic rings. The minimum absolute atomic E-state index is 0.0639. The number of ketones is 1. The average Bonchev–Trinajstić information content (AvgIpc) is 2.44. The molecule has 0 saturated heterocycles. The second kappa shape index (κ2) is 6.01. The predicted molar refractivity (Wildman–Crippen MR) is 80.5 cm³/mol. The number of nitriles is 1. The first-order valence-corrected chi connectivity index (χ1v) is 6.98. The molecule has 0 saturated carbocycles. The first-order chi connectivity index (χ1) is 9.95. The number of allylic oxidation sites excluding steroid dienone is 2. The molecule has 4 heteroatoms. The molecule has 0 bridgehead atoms. The van der Waals surface area contributed by atoms with Crippen LogP contribution in [0, 0.1) is 16.7 Å². The van der Waals surface area contributed by atoms with E-state index >= 15 is 0 Å². The number of hydrogen-bond acceptors (Lipinski definition) is 4. The van der Waals surface area contributed by atoms with E-state index in [4.69, 9.17) is 4.74 Å². The van der Waals surface area contributed by atoms with Crippen LogP contribution in [-0.2, 0) is 11.3 Å². The summed E-state index contributed by atoms with van der Waals surface area (Å²) in [6, 6.07) is 9.77. The van der Waals surface area contributed by atoms with E-state index in [0.717, 1.165) is 23.4 Å². The molecule has 0 amide bonds. The van der Waals surface area contributed by atoms with Crippen LogP contribution in [0.4, 0.5) is 0 Å². The Kier molecular flexibility index (Phi) is 4.32. The number of hydrogen-bond donors (Lipinski definition) is 1. The highest BCUT2D eigenvalue weighted by Gasteiger charge is 2.32. The lowest BCUT2D eigenvalue weighted by Gasteiger charge is -2.30. The van der Waals surface area contributed by atoms with Gasteiger partial charge >= 0.3 is 0 Å². The minimum atomic E-state index is -0.0975. The molecule has 1 N–H and O–H groups in total. The third-order valence-electron chi connectivity index (χ3n) is 3.65. The smallest absolute Gasteiger partial charge is 0.175 e. The Morgan fingerprint density at radius 3 is 2.52 bits per heavy atom. The lowest BCUT2D eigenvalue weighted by atomic mass is 9.76. The molecule has 0 radical (unpaired) electrons. The highest BCUT2D eigenvalue weighted by Crippen LogP contribution is 2.35. The van der Waals surface area contributed by atoms with E-state index in [1.165, 1.54) is 0 Å². The Bertz CT molecular complexity index is 607. The summed E-state index contributed by atoms with van der Waals surface area (Å²) in [6.45, 7) is 4.69. The van der Waals surface area contributed by atoms with Crippen LogP contribution in [0.3, 0.4) is 0 Å². The van der Waals surface area contributed by atoms with Gasteiger partial charge in [-0.15, -0.1) is 0 Å². The topological polar surface area (TPSA) is 62.1 Å². The van der Waals surface area contributed by atoms with Gasteiger partial charge in [-0.25, -0.2) is 0 Å². The van der Waals surface area contributed by atoms with E-state index in [-0.39, 0.29) is 16.8 Å². The maximum absolute atomic E-state index is 12.0. The Morgan fingerprint density at radius 2 is 1.95 bits per heavy atom. The first-order valence-electron chi connectivity index (χ1n) is 6.98. The third-order valence-corrected chi connectivity index (χ3v) is 3.65. The van der Waals surface area contributed by atoms with Crippen molar-refractivity contribution in [2.75, 3.05) is 7.11 Å². The highest BCUT2D eigenvalue weighted by atomic mass is 16.5. The normalized spacial score (nSPS) is 17.3. The second-order valence-corrected chi connectivity index (χ2v) is 6.11. The molecule has 2 rings (SSSR count). The van der Waals surface area contributed by atoms with Crippen molar-refractivity contribution in [1.29, 1.82) is 5.26 Å². The zero-order valence-corrected chi connectivity index (χ0v) is 12.7. The molecule has 0 unspecified atom stereocenters. The summed E-state index contributed by atoms with van der Waals surface area (Å²) in [7, 11) is 1.63. The van der Waals surface area contributed by atoms with Gasteiger partial charge in [0.15, 0.2) is 5.78 Å². The van der Waals surface area contributed by atoms with E-state index in [0.29, 0.717) is 13.0 Å². The average molecular weight is 284 g/mol. The molecule has 0 atom stereocenters. The van der Waals surface area contributed by atoms with Gasteiger partial charge in [-0.3, -0.25) is 4.79 Å². The summed E-state index contributed by atoms with van der Waals surface area (Å²) in [6.07, 6.45) is 1.15. The summed E-state index contributed by atoms with van der Waals surface area (Å²) in [4.78, 5) is 12.0. The van der Waals surface area contributed by atoms with Crippen LogP contribution in [0.2, 0.25) is 0 Å². The number of methoxy groups -OCH3 is 1. The molecule has 1 aromatic carbocycles. The quantitative estimate of drug-likeness (QED) is 0.923. The maximum Gasteiger partial charge on any atom is 0.175 e. The summed E-state index contributed by atoms with van der Waals surface area (Å²) in [5, 5.41) is 12.4. The van der Waals surface area contributed by atoms with Crippen molar-refractivity contribution in [2.24, 2.45) is 5.41 Å². The Morgan fingerprint density at radius 1 is 1.29 bits per heavy atom. The van der Waals surface area contributed by atoms with E-state index in [9.17, 15) is 10.1 Å². The van der Waals surface area contributed by atoms with Gasteiger partial charge < -0.3 is 10.1 Å². The number of nitrogens with one attached hydrogen (secondary N) is 1. The van der Waals surface area contributed by atoms with Crippen molar-refractivity contribution in [3.63, 3.8) is 0 Å². The molecule has 0 heterocycles. The molecule has 0 aliphatic heterocycles. The Hall–Kier alpha value is -2.28. The molecule has 110 valence electrons. The summed E-state index contributed by atoms with van der Waals surface area (Å²) in [5.41, 5.74) is 2.02. The van der Waals surface area contributed by atoms with Gasteiger partial charge in [0.05, 0.1) is 7.11 Å². The molecule has 0 fully saturated rings. The van der Waals surface area contributed by atoms with Crippen molar-refractivity contribution in [3.8, 4) is 11.8 Å². The Labute approximate surface area is 125 Å². The van der Waals surface area contributed by atoms with Crippen LogP contribution in [0.1, 0.15) is 32.3 Å². The molecular formula is C17H20N2O2. The fourth-order valence-corrected chi connectivity index (χ4v) is 2.55. The van der Waals surface area contributed by atoms with Crippen molar-refractivity contribution in [1.82, 2.24) is 5.32 Å². The molecule has 0 spiro atoms. The van der Waals surface area contributed by atoms with Gasteiger partial charge in [0, 0.05) is 18.7 Å². The summed E-state index contributed by atoms with van der Waals surface area (Å²) < 4.78 is 5.12. The van der Waals surface area contributed by atoms with Crippen molar-refractivity contribution < 1.29 is 9.53 Å². The van der Waals surface area contributed by atoms with Crippen LogP contribution in [-0.4, -0.2) is 12.9 Å². The van der Waals surface area contributed by atoms with Crippen molar-refractivity contribution in [2.45, 2.75) is 33.2 Å². The van der Waals surface area contributed by atoms with E-state index < -0.39 is 0 Å². The highest BCUT2D eigenvalue weighted by molar-refractivity contribution is 6.01. The summed E-state index contributed by atoms with van der Waals surface area (Å²) >= 11 is 0. The number of nitrogens with zero attached hydrogens (tertiary/aromatic N) is 1. The van der Waals surface area contributed by atoms with Crippen LogP contribution in [0.15, 0.2) is 35.5 Å². The van der Waals surface area contributed by atoms with Crippen molar-refractivity contribution >= 4 is 5.78 Å². The zero-order valence-electron chi connectivity index (χ0n) is 12.7. The largest absolute Gasteiger partial charge is 0.497 e. The first kappa shape index (κ1) is 15.1. The van der Waals surface area contributed by atoms with Crippen LogP contribution >= 0.6 is 0 Å². The standard InChI is InChI=1S/C17H20N2O2/c1-17(2)8-15(14(10-18)16(20)9-17)19-11-12-4-6-13(21-3)7-5-12/h4-7,19H,8-9,11H2,1-3H3. The number of carbonyl (C=O) groups is 1. The zero-order chi connectivity index (χ0) is 15.5. The fourth-order valence-electron chi connectivity index (χ4n) is 2.55. The maximum atomic E-state index is 12.0. The van der Waals surface area contributed by atoms with E-state index in [2.05, 4.69) is 5.32 Å². The summed E-state index contributed by atoms with van der Waals surface area (Å²) in [5.74, 6) is 0.746. The SMILES string of the molecule is COc1ccc(CNC2=C(C#N)C(=O)CC(C)(C)C2)cc1. The number of rotatable bonds is 4. The molecule has 1 aliphatic carbocycles. The van der Waals surface area contributed by atoms with E-state index in [1.54, 1.807) is 7.11 Å². The van der Waals surface area contributed by atoms with Gasteiger partial charge in [0.1, 0.15) is 17.4 Å². The van der Waals surface area contributed by atoms with Gasteiger partial charge in [-0.2, -0.15) is 5.26 Å². The fraction of sp³-hybridized carbons (Fsp3) is 0.412. The predicted octanol–water partition coefficient (Wildman–Crippen LogP) is 2.95. The third kappa shape index (κ3) is 3.63. The molecule has 1 aromatic rings. The number of Topliss-reactive ketones (excluding diaryl/α,β-unsaturated/α-hetero) is 1. The van der Waals surface area contributed by atoms with Crippen LogP contribution in [0.25, 0.3) is 0 Å². The number of ether oxygens (including phenoxy) is 1. The van der Waals surface area contributed by atoms with Crippen LogP contribution in [0.5, 0.6) is 5.75 Å². The Balaban J connectivity index is 2.12. The molecular weight excluding hydrogens is 264 g/mol. The second-order valence-electron chi connectivity index (χ2n) is 6.11. The minimum Gasteiger partial charge on any atom is -0.497 e. The van der Waals surface area contributed by atoms with Gasteiger partial charge in [-0.1, -0.05) is 26.0 Å². The molecule has 0 aromatic heterocycles. The monoisotopic (exact) mass is 284 g/mol.